The van der Waals surface area contributed by atoms with E-state index in [4.69, 9.17) is 4.74 Å². The van der Waals surface area contributed by atoms with Crippen LogP contribution in [0.5, 0.6) is 17.2 Å². The summed E-state index contributed by atoms with van der Waals surface area (Å²) in [6.45, 7) is 7.76. The first-order chi connectivity index (χ1) is 17.0. The smallest absolute Gasteiger partial charge is 0.150 e. The van der Waals surface area contributed by atoms with E-state index in [0.717, 1.165) is 46.0 Å². The van der Waals surface area contributed by atoms with Crippen molar-refractivity contribution in [1.29, 1.82) is 0 Å². The van der Waals surface area contributed by atoms with Crippen LogP contribution in [-0.4, -0.2) is 34.7 Å². The van der Waals surface area contributed by atoms with E-state index in [0.29, 0.717) is 0 Å². The molecule has 0 bridgehead atoms. The van der Waals surface area contributed by atoms with Gasteiger partial charge in [0.15, 0.2) is 0 Å². The van der Waals surface area contributed by atoms with Crippen LogP contribution < -0.4 is 4.74 Å². The molecule has 2 aliphatic rings. The Balaban J connectivity index is 1.41. The molecule has 0 aromatic heterocycles. The van der Waals surface area contributed by atoms with E-state index < -0.39 is 0 Å². The van der Waals surface area contributed by atoms with Crippen LogP contribution in [-0.2, 0) is 0 Å². The third-order valence-corrected chi connectivity index (χ3v) is 7.22. The monoisotopic (exact) mass is 467 g/mol. The predicted octanol–water partition coefficient (Wildman–Crippen LogP) is 6.91. The largest absolute Gasteiger partial charge is 0.508 e. The summed E-state index contributed by atoms with van der Waals surface area (Å²) >= 11 is 0. The lowest BCUT2D eigenvalue weighted by Gasteiger charge is -2.31. The number of ether oxygens (including phenoxy) is 1. The number of piperidine rings is 1. The Morgan fingerprint density at radius 3 is 2.43 bits per heavy atom. The Bertz CT molecular complexity index is 1250. The number of phenolic OH excluding ortho intramolecular Hbond substituents is 2. The predicted molar refractivity (Wildman–Crippen MR) is 142 cm³/mol. The molecule has 0 amide bonds. The number of aromatic hydroxyl groups is 2. The van der Waals surface area contributed by atoms with Crippen molar-refractivity contribution < 1.29 is 14.9 Å². The maximum atomic E-state index is 10.1. The third kappa shape index (κ3) is 5.13. The molecule has 1 saturated heterocycles. The first kappa shape index (κ1) is 23.3. The number of benzene rings is 3. The zero-order valence-corrected chi connectivity index (χ0v) is 20.4. The van der Waals surface area contributed by atoms with Gasteiger partial charge in [-0.05, 0) is 91.4 Å². The normalized spacial score (nSPS) is 19.1. The zero-order valence-electron chi connectivity index (χ0n) is 20.4. The Morgan fingerprint density at radius 1 is 0.943 bits per heavy atom. The molecule has 4 nitrogen and oxygen atoms in total. The van der Waals surface area contributed by atoms with Crippen molar-refractivity contribution in [3.8, 4) is 17.2 Å². The maximum absolute atomic E-state index is 10.1. The van der Waals surface area contributed by atoms with Crippen LogP contribution in [0.3, 0.4) is 0 Å². The molecule has 180 valence electrons. The molecular weight excluding hydrogens is 434 g/mol. The average Bonchev–Trinajstić information content (AvgIpc) is 2.86. The van der Waals surface area contributed by atoms with Crippen LogP contribution in [0.1, 0.15) is 55.0 Å². The van der Waals surface area contributed by atoms with E-state index in [9.17, 15) is 10.2 Å². The third-order valence-electron chi connectivity index (χ3n) is 7.22. The highest BCUT2D eigenvalue weighted by Crippen LogP contribution is 2.47. The van der Waals surface area contributed by atoms with E-state index in [-0.39, 0.29) is 17.6 Å². The topological polar surface area (TPSA) is 52.9 Å². The van der Waals surface area contributed by atoms with Gasteiger partial charge in [0, 0.05) is 17.7 Å². The first-order valence-corrected chi connectivity index (χ1v) is 12.5. The molecular formula is C31H33NO3. The van der Waals surface area contributed by atoms with Gasteiger partial charge in [-0.25, -0.2) is 0 Å². The van der Waals surface area contributed by atoms with Crippen molar-refractivity contribution in [2.45, 2.75) is 32.8 Å². The highest BCUT2D eigenvalue weighted by atomic mass is 16.5. The Hall–Kier alpha value is -3.50. The van der Waals surface area contributed by atoms with Crippen molar-refractivity contribution in [2.75, 3.05) is 19.6 Å². The standard InChI is InChI=1S/C31H33NO3/c1-21-14-17-32(18-15-21)16-4-5-23-8-10-24(11-9-23)31-30(25-6-3-7-26(33)19-25)22(2)28-20-27(34)12-13-29(28)35-31/h3-13,19-21,31,33-34H,14-18H2,1-2H3/b5-4-. The van der Waals surface area contributed by atoms with Gasteiger partial charge in [-0.15, -0.1) is 0 Å². The molecule has 2 N–H and O–H groups in total. The fourth-order valence-corrected chi connectivity index (χ4v) is 5.08. The van der Waals surface area contributed by atoms with Crippen molar-refractivity contribution in [3.05, 3.63) is 95.1 Å². The minimum Gasteiger partial charge on any atom is -0.508 e. The molecule has 2 heterocycles. The van der Waals surface area contributed by atoms with E-state index >= 15 is 0 Å². The first-order valence-electron chi connectivity index (χ1n) is 12.5. The highest BCUT2D eigenvalue weighted by Gasteiger charge is 2.29. The lowest BCUT2D eigenvalue weighted by Crippen LogP contribution is -2.32. The van der Waals surface area contributed by atoms with Gasteiger partial charge in [0.1, 0.15) is 23.4 Å². The van der Waals surface area contributed by atoms with Crippen LogP contribution >= 0.6 is 0 Å². The van der Waals surface area contributed by atoms with Gasteiger partial charge in [0.05, 0.1) is 0 Å². The minimum absolute atomic E-state index is 0.204. The van der Waals surface area contributed by atoms with Crippen LogP contribution in [0.15, 0.2) is 72.8 Å². The molecule has 3 aromatic rings. The van der Waals surface area contributed by atoms with Gasteiger partial charge in [0.2, 0.25) is 0 Å². The van der Waals surface area contributed by atoms with Gasteiger partial charge in [-0.1, -0.05) is 55.5 Å². The highest BCUT2D eigenvalue weighted by molar-refractivity contribution is 5.95. The summed E-state index contributed by atoms with van der Waals surface area (Å²) in [6.07, 6.45) is 6.72. The fourth-order valence-electron chi connectivity index (χ4n) is 5.08. The quantitative estimate of drug-likeness (QED) is 0.428. The molecule has 0 radical (unpaired) electrons. The van der Waals surface area contributed by atoms with E-state index in [1.165, 1.54) is 31.5 Å². The van der Waals surface area contributed by atoms with Crippen molar-refractivity contribution in [3.63, 3.8) is 0 Å². The molecule has 3 aromatic carbocycles. The fraction of sp³-hybridized carbons (Fsp3) is 0.290. The van der Waals surface area contributed by atoms with Crippen LogP contribution in [0, 0.1) is 5.92 Å². The van der Waals surface area contributed by atoms with Gasteiger partial charge in [-0.2, -0.15) is 0 Å². The minimum atomic E-state index is -0.317. The second kappa shape index (κ2) is 10.0. The summed E-state index contributed by atoms with van der Waals surface area (Å²) in [7, 11) is 0. The van der Waals surface area contributed by atoms with Gasteiger partial charge < -0.3 is 14.9 Å². The molecule has 0 spiro atoms. The number of phenols is 2. The summed E-state index contributed by atoms with van der Waals surface area (Å²) < 4.78 is 6.48. The number of rotatable bonds is 5. The van der Waals surface area contributed by atoms with Gasteiger partial charge in [-0.3, -0.25) is 4.90 Å². The summed E-state index contributed by atoms with van der Waals surface area (Å²) in [5.74, 6) is 2.02. The summed E-state index contributed by atoms with van der Waals surface area (Å²) in [5, 5.41) is 20.2. The molecule has 1 atom stereocenters. The molecule has 4 heteroatoms. The van der Waals surface area contributed by atoms with Gasteiger partial charge in [0.25, 0.3) is 0 Å². The van der Waals surface area contributed by atoms with E-state index in [2.05, 4.69) is 48.2 Å². The molecule has 5 rings (SSSR count). The average molecular weight is 468 g/mol. The number of nitrogens with zero attached hydrogens (tertiary/aromatic N) is 1. The van der Waals surface area contributed by atoms with Crippen molar-refractivity contribution in [2.24, 2.45) is 5.92 Å². The summed E-state index contributed by atoms with van der Waals surface area (Å²) in [4.78, 5) is 2.52. The number of likely N-dealkylation sites (tertiary alicyclic amines) is 1. The van der Waals surface area contributed by atoms with E-state index in [1.807, 2.05) is 25.1 Å². The van der Waals surface area contributed by atoms with Crippen molar-refractivity contribution >= 4 is 17.2 Å². The maximum Gasteiger partial charge on any atom is 0.150 e. The van der Waals surface area contributed by atoms with Crippen molar-refractivity contribution in [1.82, 2.24) is 4.90 Å². The second-order valence-corrected chi connectivity index (χ2v) is 9.82. The number of fused-ring (bicyclic) bond motifs is 1. The number of hydrogen-bond donors (Lipinski definition) is 2. The molecule has 2 aliphatic heterocycles. The van der Waals surface area contributed by atoms with Crippen LogP contribution in [0.2, 0.25) is 0 Å². The Morgan fingerprint density at radius 2 is 1.69 bits per heavy atom. The van der Waals surface area contributed by atoms with E-state index in [1.54, 1.807) is 24.3 Å². The zero-order chi connectivity index (χ0) is 24.4. The summed E-state index contributed by atoms with van der Waals surface area (Å²) in [6, 6.07) is 21.0. The lowest BCUT2D eigenvalue weighted by atomic mass is 9.86. The van der Waals surface area contributed by atoms with Gasteiger partial charge >= 0.3 is 0 Å². The second-order valence-electron chi connectivity index (χ2n) is 9.82. The molecule has 1 unspecified atom stereocenters. The Labute approximate surface area is 207 Å². The Kier molecular flexibility index (Phi) is 6.65. The molecule has 1 fully saturated rings. The van der Waals surface area contributed by atoms with Crippen LogP contribution in [0.4, 0.5) is 0 Å². The molecule has 35 heavy (non-hydrogen) atoms. The lowest BCUT2D eigenvalue weighted by molar-refractivity contribution is 0.210. The molecule has 0 aliphatic carbocycles. The summed E-state index contributed by atoms with van der Waals surface area (Å²) in [5.41, 5.74) is 6.00. The van der Waals surface area contributed by atoms with Crippen LogP contribution in [0.25, 0.3) is 17.2 Å². The SMILES string of the molecule is CC1=C(c2cccc(O)c2)C(c2ccc(/C=C\CN3CCC(C)CC3)cc2)Oc2ccc(O)cc21. The number of hydrogen-bond acceptors (Lipinski definition) is 4. The molecule has 0 saturated carbocycles. The number of allylic oxidation sites excluding steroid dienone is 1.